The van der Waals surface area contributed by atoms with Crippen molar-refractivity contribution in [2.45, 2.75) is 38.5 Å². The largest absolute Gasteiger partial charge is 0.464 e. The standard InChI is InChI=1S/C12H21NO2/c14-12(8-13-7-10-5-6-10)15-9-11-3-1-2-4-11/h10-11,13H,1-9H2. The van der Waals surface area contributed by atoms with Gasteiger partial charge in [0.05, 0.1) is 13.2 Å². The van der Waals surface area contributed by atoms with Crippen LogP contribution in [0.15, 0.2) is 0 Å². The van der Waals surface area contributed by atoms with Crippen molar-refractivity contribution in [3.8, 4) is 0 Å². The summed E-state index contributed by atoms with van der Waals surface area (Å²) in [6.07, 6.45) is 7.74. The number of nitrogens with one attached hydrogen (secondary N) is 1. The van der Waals surface area contributed by atoms with E-state index in [0.717, 1.165) is 12.5 Å². The number of ether oxygens (including phenoxy) is 1. The molecule has 2 aliphatic carbocycles. The molecule has 1 N–H and O–H groups in total. The fourth-order valence-corrected chi connectivity index (χ4v) is 2.14. The molecule has 0 aromatic heterocycles. The minimum atomic E-state index is -0.0810. The molecule has 0 amide bonds. The average Bonchev–Trinajstić information content (AvgIpc) is 2.91. The first kappa shape index (κ1) is 10.9. The molecule has 3 heteroatoms. The van der Waals surface area contributed by atoms with Crippen molar-refractivity contribution in [1.82, 2.24) is 5.32 Å². The molecule has 0 spiro atoms. The van der Waals surface area contributed by atoms with Gasteiger partial charge in [0.15, 0.2) is 0 Å². The van der Waals surface area contributed by atoms with E-state index in [0.29, 0.717) is 19.1 Å². The molecule has 15 heavy (non-hydrogen) atoms. The van der Waals surface area contributed by atoms with Crippen LogP contribution >= 0.6 is 0 Å². The smallest absolute Gasteiger partial charge is 0.319 e. The van der Waals surface area contributed by atoms with Crippen LogP contribution in [0.3, 0.4) is 0 Å². The second kappa shape index (κ2) is 5.50. The Labute approximate surface area is 91.6 Å². The summed E-state index contributed by atoms with van der Waals surface area (Å²) in [5, 5.41) is 3.15. The van der Waals surface area contributed by atoms with Crippen LogP contribution in [0.4, 0.5) is 0 Å². The van der Waals surface area contributed by atoms with Crippen LogP contribution in [0.25, 0.3) is 0 Å². The number of carbonyl (C=O) groups excluding carboxylic acids is 1. The lowest BCUT2D eigenvalue weighted by atomic mass is 10.1. The molecule has 0 unspecified atom stereocenters. The first-order valence-electron chi connectivity index (χ1n) is 6.21. The van der Waals surface area contributed by atoms with Gasteiger partial charge in [-0.2, -0.15) is 0 Å². The maximum atomic E-state index is 11.3. The van der Waals surface area contributed by atoms with Gasteiger partial charge in [0.2, 0.25) is 0 Å². The molecule has 0 aliphatic heterocycles. The molecule has 0 heterocycles. The lowest BCUT2D eigenvalue weighted by molar-refractivity contribution is -0.143. The fourth-order valence-electron chi connectivity index (χ4n) is 2.14. The SMILES string of the molecule is O=C(CNCC1CC1)OCC1CCCC1. The third kappa shape index (κ3) is 4.20. The van der Waals surface area contributed by atoms with E-state index in [1.807, 2.05) is 0 Å². The molecule has 0 bridgehead atoms. The van der Waals surface area contributed by atoms with Gasteiger partial charge in [-0.05, 0) is 44.1 Å². The topological polar surface area (TPSA) is 38.3 Å². The summed E-state index contributed by atoms with van der Waals surface area (Å²) in [6, 6.07) is 0. The average molecular weight is 211 g/mol. The highest BCUT2D eigenvalue weighted by Gasteiger charge is 2.21. The van der Waals surface area contributed by atoms with Gasteiger partial charge >= 0.3 is 5.97 Å². The van der Waals surface area contributed by atoms with Gasteiger partial charge in [-0.3, -0.25) is 4.79 Å². The Bertz CT molecular complexity index is 208. The molecule has 86 valence electrons. The fraction of sp³-hybridized carbons (Fsp3) is 0.917. The lowest BCUT2D eigenvalue weighted by Crippen LogP contribution is -2.27. The summed E-state index contributed by atoms with van der Waals surface area (Å²) in [4.78, 5) is 11.3. The van der Waals surface area contributed by atoms with Crippen LogP contribution in [-0.4, -0.2) is 25.7 Å². The van der Waals surface area contributed by atoms with Crippen molar-refractivity contribution in [2.75, 3.05) is 19.7 Å². The minimum Gasteiger partial charge on any atom is -0.464 e. The van der Waals surface area contributed by atoms with Crippen LogP contribution in [0.1, 0.15) is 38.5 Å². The highest BCUT2D eigenvalue weighted by atomic mass is 16.5. The van der Waals surface area contributed by atoms with Gasteiger partial charge in [-0.1, -0.05) is 12.8 Å². The van der Waals surface area contributed by atoms with Crippen molar-refractivity contribution >= 4 is 5.97 Å². The van der Waals surface area contributed by atoms with Crippen molar-refractivity contribution in [3.63, 3.8) is 0 Å². The van der Waals surface area contributed by atoms with Gasteiger partial charge in [0, 0.05) is 0 Å². The Balaban J connectivity index is 1.47. The van der Waals surface area contributed by atoms with Gasteiger partial charge in [0.25, 0.3) is 0 Å². The van der Waals surface area contributed by atoms with Gasteiger partial charge < -0.3 is 10.1 Å². The first-order valence-corrected chi connectivity index (χ1v) is 6.21. The summed E-state index contributed by atoms with van der Waals surface area (Å²) in [6.45, 7) is 2.02. The Kier molecular flexibility index (Phi) is 4.01. The van der Waals surface area contributed by atoms with Crippen LogP contribution in [0.2, 0.25) is 0 Å². The van der Waals surface area contributed by atoms with Crippen LogP contribution in [-0.2, 0) is 9.53 Å². The molecule has 2 aliphatic rings. The van der Waals surface area contributed by atoms with E-state index in [1.54, 1.807) is 0 Å². The zero-order chi connectivity index (χ0) is 10.5. The monoisotopic (exact) mass is 211 g/mol. The molecule has 0 atom stereocenters. The van der Waals surface area contributed by atoms with E-state index in [9.17, 15) is 4.79 Å². The van der Waals surface area contributed by atoms with Crippen LogP contribution in [0, 0.1) is 11.8 Å². The van der Waals surface area contributed by atoms with Crippen molar-refractivity contribution < 1.29 is 9.53 Å². The summed E-state index contributed by atoms with van der Waals surface area (Å²) in [5.74, 6) is 1.38. The van der Waals surface area contributed by atoms with Gasteiger partial charge in [-0.15, -0.1) is 0 Å². The van der Waals surface area contributed by atoms with Crippen molar-refractivity contribution in [3.05, 3.63) is 0 Å². The lowest BCUT2D eigenvalue weighted by Gasteiger charge is -2.10. The molecule has 0 radical (unpaired) electrons. The Morgan fingerprint density at radius 3 is 2.53 bits per heavy atom. The summed E-state index contributed by atoms with van der Waals surface area (Å²) in [7, 11) is 0. The van der Waals surface area contributed by atoms with Crippen LogP contribution < -0.4 is 5.32 Å². The highest BCUT2D eigenvalue weighted by molar-refractivity contribution is 5.71. The maximum Gasteiger partial charge on any atom is 0.319 e. The van der Waals surface area contributed by atoms with E-state index in [4.69, 9.17) is 4.74 Å². The number of carbonyl (C=O) groups is 1. The van der Waals surface area contributed by atoms with Crippen LogP contribution in [0.5, 0.6) is 0 Å². The van der Waals surface area contributed by atoms with E-state index in [2.05, 4.69) is 5.32 Å². The quantitative estimate of drug-likeness (QED) is 0.680. The van der Waals surface area contributed by atoms with E-state index >= 15 is 0 Å². The third-order valence-electron chi connectivity index (χ3n) is 3.35. The zero-order valence-electron chi connectivity index (χ0n) is 9.34. The normalized spacial score (nSPS) is 21.9. The van der Waals surface area contributed by atoms with Gasteiger partial charge in [0.1, 0.15) is 0 Å². The van der Waals surface area contributed by atoms with Gasteiger partial charge in [-0.25, -0.2) is 0 Å². The van der Waals surface area contributed by atoms with E-state index in [1.165, 1.54) is 38.5 Å². The van der Waals surface area contributed by atoms with E-state index < -0.39 is 0 Å². The summed E-state index contributed by atoms with van der Waals surface area (Å²) < 4.78 is 5.23. The van der Waals surface area contributed by atoms with Crippen molar-refractivity contribution in [1.29, 1.82) is 0 Å². The second-order valence-electron chi connectivity index (χ2n) is 4.91. The molecule has 2 fully saturated rings. The minimum absolute atomic E-state index is 0.0810. The molecule has 3 nitrogen and oxygen atoms in total. The molecule has 2 saturated carbocycles. The Hall–Kier alpha value is -0.570. The highest BCUT2D eigenvalue weighted by Crippen LogP contribution is 2.27. The molecule has 0 aromatic rings. The second-order valence-corrected chi connectivity index (χ2v) is 4.91. The number of rotatable bonds is 6. The predicted molar refractivity (Wildman–Crippen MR) is 58.5 cm³/mol. The summed E-state index contributed by atoms with van der Waals surface area (Å²) in [5.41, 5.74) is 0. The Morgan fingerprint density at radius 1 is 1.13 bits per heavy atom. The maximum absolute atomic E-state index is 11.3. The number of hydrogen-bond acceptors (Lipinski definition) is 3. The molecular weight excluding hydrogens is 190 g/mol. The molecule has 0 saturated heterocycles. The molecular formula is C12H21NO2. The van der Waals surface area contributed by atoms with Crippen molar-refractivity contribution in [2.24, 2.45) is 11.8 Å². The zero-order valence-corrected chi connectivity index (χ0v) is 9.34. The Morgan fingerprint density at radius 2 is 1.87 bits per heavy atom. The first-order chi connectivity index (χ1) is 7.34. The molecule has 0 aromatic carbocycles. The number of esters is 1. The summed E-state index contributed by atoms with van der Waals surface area (Å²) >= 11 is 0. The third-order valence-corrected chi connectivity index (χ3v) is 3.35. The number of hydrogen-bond donors (Lipinski definition) is 1. The molecule has 2 rings (SSSR count). The predicted octanol–water partition coefficient (Wildman–Crippen LogP) is 1.72. The van der Waals surface area contributed by atoms with E-state index in [-0.39, 0.29) is 5.97 Å².